The van der Waals surface area contributed by atoms with E-state index in [9.17, 15) is 14.4 Å². The zero-order chi connectivity index (χ0) is 21.3. The number of anilines is 1. The number of carbonyl (C=O) groups excluding carboxylic acids is 2. The molecule has 1 heterocycles. The summed E-state index contributed by atoms with van der Waals surface area (Å²) in [5.74, 6) is 0.0685. The Balaban J connectivity index is 1.64. The molecule has 30 heavy (non-hydrogen) atoms. The molecule has 0 saturated heterocycles. The number of carbonyl (C=O) groups is 3. The first-order chi connectivity index (χ1) is 14.6. The Hall–Kier alpha value is -3.35. The van der Waals surface area contributed by atoms with Crippen LogP contribution in [-0.4, -0.2) is 42.5 Å². The molecule has 1 amide bonds. The third kappa shape index (κ3) is 5.37. The van der Waals surface area contributed by atoms with Gasteiger partial charge in [0.1, 0.15) is 17.8 Å². The van der Waals surface area contributed by atoms with E-state index in [0.717, 1.165) is 24.8 Å². The maximum atomic E-state index is 13.0. The van der Waals surface area contributed by atoms with Gasteiger partial charge in [-0.25, -0.2) is 0 Å². The fraction of sp³-hybridized carbons (Fsp3) is 0.348. The van der Waals surface area contributed by atoms with Crippen molar-refractivity contribution in [3.8, 4) is 11.5 Å². The Bertz CT molecular complexity index is 897. The van der Waals surface area contributed by atoms with Gasteiger partial charge in [-0.1, -0.05) is 30.3 Å². The van der Waals surface area contributed by atoms with E-state index >= 15 is 0 Å². The molecule has 0 aliphatic carbocycles. The molecule has 1 aliphatic rings. The minimum absolute atomic E-state index is 0.128. The third-order valence-electron chi connectivity index (χ3n) is 4.87. The van der Waals surface area contributed by atoms with Crippen molar-refractivity contribution in [3.63, 3.8) is 0 Å². The molecule has 0 radical (unpaired) electrons. The fourth-order valence-electron chi connectivity index (χ4n) is 3.42. The van der Waals surface area contributed by atoms with E-state index in [1.165, 1.54) is 0 Å². The second-order valence-electron chi connectivity index (χ2n) is 7.04. The second-order valence-corrected chi connectivity index (χ2v) is 7.04. The number of rotatable bonds is 11. The molecular weight excluding hydrogens is 386 g/mol. The summed E-state index contributed by atoms with van der Waals surface area (Å²) < 4.78 is 11.7. The van der Waals surface area contributed by atoms with E-state index < -0.39 is 12.1 Å². The highest BCUT2D eigenvalue weighted by Crippen LogP contribution is 2.34. The molecule has 7 heteroatoms. The van der Waals surface area contributed by atoms with Gasteiger partial charge in [-0.3, -0.25) is 9.59 Å². The number of aliphatic carboxylic acids is 1. The Kier molecular flexibility index (Phi) is 7.43. The quantitative estimate of drug-likeness (QED) is 0.451. The molecule has 3 rings (SSSR count). The summed E-state index contributed by atoms with van der Waals surface area (Å²) in [5, 5.41) is 9.04. The van der Waals surface area contributed by atoms with Gasteiger partial charge in [0, 0.05) is 24.9 Å². The summed E-state index contributed by atoms with van der Waals surface area (Å²) in [6.07, 6.45) is 2.34. The van der Waals surface area contributed by atoms with Crippen molar-refractivity contribution in [2.75, 3.05) is 18.1 Å². The molecular formula is C23H25NO6. The molecule has 0 bridgehead atoms. The minimum atomic E-state index is -0.932. The number of para-hydroxylation sites is 3. The summed E-state index contributed by atoms with van der Waals surface area (Å²) in [6.45, 7) is 0.736. The molecule has 1 aliphatic heterocycles. The van der Waals surface area contributed by atoms with E-state index in [0.29, 0.717) is 36.4 Å². The smallest absolute Gasteiger partial charge is 0.307 e. The first-order valence-electron chi connectivity index (χ1n) is 10.0. The minimum Gasteiger partial charge on any atom is -0.493 e. The Morgan fingerprint density at radius 2 is 1.90 bits per heavy atom. The highest BCUT2D eigenvalue weighted by molar-refractivity contribution is 6.00. The number of aldehydes is 1. The van der Waals surface area contributed by atoms with Crippen LogP contribution in [0.3, 0.4) is 0 Å². The first kappa shape index (κ1) is 21.4. The molecule has 0 saturated carbocycles. The number of hydrogen-bond acceptors (Lipinski definition) is 5. The number of carboxylic acids is 1. The van der Waals surface area contributed by atoms with E-state index in [1.807, 2.05) is 24.3 Å². The second kappa shape index (κ2) is 10.4. The van der Waals surface area contributed by atoms with E-state index in [2.05, 4.69) is 0 Å². The SMILES string of the molecule is O=CCCCCN1C(=O)C(CCOc2ccccc2CC(=O)O)Oc2ccccc21. The molecule has 7 nitrogen and oxygen atoms in total. The number of amides is 1. The number of hydrogen-bond donors (Lipinski definition) is 1. The zero-order valence-corrected chi connectivity index (χ0v) is 16.7. The molecule has 0 aromatic heterocycles. The lowest BCUT2D eigenvalue weighted by Gasteiger charge is -2.34. The van der Waals surface area contributed by atoms with Gasteiger partial charge < -0.3 is 24.3 Å². The maximum Gasteiger partial charge on any atom is 0.307 e. The summed E-state index contributed by atoms with van der Waals surface area (Å²) in [4.78, 5) is 36.3. The first-order valence-corrected chi connectivity index (χ1v) is 10.0. The van der Waals surface area contributed by atoms with Crippen molar-refractivity contribution >= 4 is 23.9 Å². The van der Waals surface area contributed by atoms with Crippen LogP contribution in [0.4, 0.5) is 5.69 Å². The van der Waals surface area contributed by atoms with Crippen molar-refractivity contribution in [2.45, 2.75) is 38.2 Å². The average molecular weight is 411 g/mol. The van der Waals surface area contributed by atoms with Crippen molar-refractivity contribution in [3.05, 3.63) is 54.1 Å². The number of benzene rings is 2. The predicted molar refractivity (Wildman–Crippen MR) is 111 cm³/mol. The molecule has 0 fully saturated rings. The van der Waals surface area contributed by atoms with Crippen LogP contribution < -0.4 is 14.4 Å². The highest BCUT2D eigenvalue weighted by Gasteiger charge is 2.33. The Morgan fingerprint density at radius 1 is 1.13 bits per heavy atom. The van der Waals surface area contributed by atoms with Gasteiger partial charge in [0.05, 0.1) is 18.7 Å². The van der Waals surface area contributed by atoms with Gasteiger partial charge in [0.25, 0.3) is 5.91 Å². The van der Waals surface area contributed by atoms with E-state index in [1.54, 1.807) is 29.2 Å². The van der Waals surface area contributed by atoms with Crippen LogP contribution in [0, 0.1) is 0 Å². The average Bonchev–Trinajstić information content (AvgIpc) is 2.74. The van der Waals surface area contributed by atoms with Crippen LogP contribution in [0.1, 0.15) is 31.2 Å². The summed E-state index contributed by atoms with van der Waals surface area (Å²) in [6, 6.07) is 14.4. The molecule has 1 unspecified atom stereocenters. The van der Waals surface area contributed by atoms with Crippen LogP contribution in [0.5, 0.6) is 11.5 Å². The number of unbranched alkanes of at least 4 members (excludes halogenated alkanes) is 2. The molecule has 158 valence electrons. The van der Waals surface area contributed by atoms with Gasteiger partial charge in [0.15, 0.2) is 6.10 Å². The Labute approximate surface area is 175 Å². The normalized spacial score (nSPS) is 15.3. The third-order valence-corrected chi connectivity index (χ3v) is 4.87. The van der Waals surface area contributed by atoms with Crippen molar-refractivity contribution in [1.29, 1.82) is 0 Å². The molecule has 2 aromatic carbocycles. The topological polar surface area (TPSA) is 93.1 Å². The number of fused-ring (bicyclic) bond motifs is 1. The summed E-state index contributed by atoms with van der Waals surface area (Å²) in [7, 11) is 0. The summed E-state index contributed by atoms with van der Waals surface area (Å²) in [5.41, 5.74) is 1.32. The zero-order valence-electron chi connectivity index (χ0n) is 16.7. The number of carboxylic acid groups (broad SMARTS) is 1. The number of ether oxygens (including phenoxy) is 2. The number of nitrogens with zero attached hydrogens (tertiary/aromatic N) is 1. The maximum absolute atomic E-state index is 13.0. The Morgan fingerprint density at radius 3 is 2.70 bits per heavy atom. The van der Waals surface area contributed by atoms with Crippen LogP contribution in [0.15, 0.2) is 48.5 Å². The monoisotopic (exact) mass is 411 g/mol. The van der Waals surface area contributed by atoms with E-state index in [-0.39, 0.29) is 18.9 Å². The molecule has 0 spiro atoms. The van der Waals surface area contributed by atoms with Crippen LogP contribution in [0.25, 0.3) is 0 Å². The lowest BCUT2D eigenvalue weighted by Crippen LogP contribution is -2.47. The van der Waals surface area contributed by atoms with Crippen molar-refractivity contribution < 1.29 is 29.0 Å². The van der Waals surface area contributed by atoms with Crippen LogP contribution in [-0.2, 0) is 20.8 Å². The largest absolute Gasteiger partial charge is 0.493 e. The molecule has 1 N–H and O–H groups in total. The van der Waals surface area contributed by atoms with E-state index in [4.69, 9.17) is 14.6 Å². The highest BCUT2D eigenvalue weighted by atomic mass is 16.5. The lowest BCUT2D eigenvalue weighted by molar-refractivity contribution is -0.136. The van der Waals surface area contributed by atoms with Gasteiger partial charge >= 0.3 is 5.97 Å². The predicted octanol–water partition coefficient (Wildman–Crippen LogP) is 3.25. The van der Waals surface area contributed by atoms with Gasteiger partial charge in [-0.05, 0) is 31.0 Å². The van der Waals surface area contributed by atoms with Crippen LogP contribution >= 0.6 is 0 Å². The standard InChI is InChI=1S/C23H25NO6/c25-14-7-1-6-13-24-18-9-3-5-11-20(18)30-21(23(24)28)12-15-29-19-10-4-2-8-17(19)16-22(26)27/h2-5,8-11,14,21H,1,6-7,12-13,15-16H2,(H,26,27). The van der Waals surface area contributed by atoms with Gasteiger partial charge in [-0.2, -0.15) is 0 Å². The summed E-state index contributed by atoms with van der Waals surface area (Å²) >= 11 is 0. The van der Waals surface area contributed by atoms with Crippen molar-refractivity contribution in [1.82, 2.24) is 0 Å². The lowest BCUT2D eigenvalue weighted by atomic mass is 10.1. The molecule has 2 aromatic rings. The fourth-order valence-corrected chi connectivity index (χ4v) is 3.42. The van der Waals surface area contributed by atoms with Gasteiger partial charge in [-0.15, -0.1) is 0 Å². The van der Waals surface area contributed by atoms with Crippen molar-refractivity contribution in [2.24, 2.45) is 0 Å². The molecule has 1 atom stereocenters. The van der Waals surface area contributed by atoms with Gasteiger partial charge in [0.2, 0.25) is 0 Å². The van der Waals surface area contributed by atoms with Crippen LogP contribution in [0.2, 0.25) is 0 Å².